The molecular weight excluding hydrogens is 342 g/mol. The zero-order valence-electron chi connectivity index (χ0n) is 17.8. The fourth-order valence-electron chi connectivity index (χ4n) is 5.64. The molecule has 0 aromatic heterocycles. The van der Waals surface area contributed by atoms with Crippen LogP contribution in [-0.4, -0.2) is 35.2 Å². The van der Waals surface area contributed by atoms with E-state index in [0.29, 0.717) is 0 Å². The highest BCUT2D eigenvalue weighted by atomic mass is 16.3. The van der Waals surface area contributed by atoms with Gasteiger partial charge in [-0.15, -0.1) is 0 Å². The zero-order valence-corrected chi connectivity index (χ0v) is 17.8. The summed E-state index contributed by atoms with van der Waals surface area (Å²) < 4.78 is 0. The lowest BCUT2D eigenvalue weighted by atomic mass is 9.72. The van der Waals surface area contributed by atoms with Crippen LogP contribution in [0.2, 0.25) is 0 Å². The molecule has 28 heavy (non-hydrogen) atoms. The van der Waals surface area contributed by atoms with Crippen molar-refractivity contribution in [1.82, 2.24) is 4.90 Å². The SMILES string of the molecule is Cc1cccc2ccc(C(CN3CCCCC(C)C3)C3(O)CCCCC3)cc12. The summed E-state index contributed by atoms with van der Waals surface area (Å²) in [6.45, 7) is 7.95. The number of hydrogen-bond donors (Lipinski definition) is 1. The van der Waals surface area contributed by atoms with E-state index in [1.165, 1.54) is 60.7 Å². The number of benzene rings is 2. The van der Waals surface area contributed by atoms with Gasteiger partial charge < -0.3 is 10.0 Å². The van der Waals surface area contributed by atoms with Crippen LogP contribution in [0.15, 0.2) is 36.4 Å². The van der Waals surface area contributed by atoms with Crippen LogP contribution in [0.5, 0.6) is 0 Å². The van der Waals surface area contributed by atoms with Crippen molar-refractivity contribution >= 4 is 10.8 Å². The normalized spacial score (nSPS) is 24.8. The average Bonchev–Trinajstić information content (AvgIpc) is 2.90. The van der Waals surface area contributed by atoms with Crippen LogP contribution < -0.4 is 0 Å². The maximum atomic E-state index is 11.8. The first kappa shape index (κ1) is 19.9. The maximum Gasteiger partial charge on any atom is 0.0728 e. The molecule has 2 nitrogen and oxygen atoms in total. The molecule has 1 N–H and O–H groups in total. The Kier molecular flexibility index (Phi) is 6.08. The van der Waals surface area contributed by atoms with E-state index in [0.717, 1.165) is 38.1 Å². The van der Waals surface area contributed by atoms with Gasteiger partial charge in [-0.25, -0.2) is 0 Å². The van der Waals surface area contributed by atoms with Gasteiger partial charge in [-0.3, -0.25) is 0 Å². The summed E-state index contributed by atoms with van der Waals surface area (Å²) >= 11 is 0. The van der Waals surface area contributed by atoms with E-state index in [1.54, 1.807) is 0 Å². The monoisotopic (exact) mass is 379 g/mol. The minimum Gasteiger partial charge on any atom is -0.389 e. The quantitative estimate of drug-likeness (QED) is 0.699. The molecule has 0 radical (unpaired) electrons. The molecular formula is C26H37NO. The Morgan fingerprint density at radius 3 is 2.71 bits per heavy atom. The van der Waals surface area contributed by atoms with Gasteiger partial charge in [0.15, 0.2) is 0 Å². The molecule has 1 saturated carbocycles. The first-order valence-corrected chi connectivity index (χ1v) is 11.5. The van der Waals surface area contributed by atoms with Gasteiger partial charge in [-0.05, 0) is 67.0 Å². The molecule has 1 aliphatic heterocycles. The van der Waals surface area contributed by atoms with Gasteiger partial charge in [0.1, 0.15) is 0 Å². The van der Waals surface area contributed by atoms with E-state index in [9.17, 15) is 5.11 Å². The molecule has 2 aromatic rings. The van der Waals surface area contributed by atoms with Crippen LogP contribution in [0, 0.1) is 12.8 Å². The van der Waals surface area contributed by atoms with Crippen molar-refractivity contribution in [2.45, 2.75) is 76.7 Å². The number of fused-ring (bicyclic) bond motifs is 1. The lowest BCUT2D eigenvalue weighted by molar-refractivity contribution is -0.0313. The van der Waals surface area contributed by atoms with E-state index >= 15 is 0 Å². The van der Waals surface area contributed by atoms with Crippen molar-refractivity contribution in [3.8, 4) is 0 Å². The third-order valence-electron chi connectivity index (χ3n) is 7.33. The minimum atomic E-state index is -0.551. The third kappa shape index (κ3) is 4.28. The molecule has 2 fully saturated rings. The minimum absolute atomic E-state index is 0.210. The van der Waals surface area contributed by atoms with E-state index < -0.39 is 5.60 Å². The second-order valence-electron chi connectivity index (χ2n) is 9.63. The Bertz CT molecular complexity index is 792. The molecule has 1 aliphatic carbocycles. The summed E-state index contributed by atoms with van der Waals surface area (Å²) in [4.78, 5) is 2.65. The molecule has 2 heteroatoms. The van der Waals surface area contributed by atoms with Crippen molar-refractivity contribution in [3.05, 3.63) is 47.5 Å². The van der Waals surface area contributed by atoms with Gasteiger partial charge in [0, 0.05) is 19.0 Å². The summed E-state index contributed by atoms with van der Waals surface area (Å²) in [5.41, 5.74) is 2.12. The Morgan fingerprint density at radius 1 is 1.07 bits per heavy atom. The smallest absolute Gasteiger partial charge is 0.0728 e. The first-order valence-electron chi connectivity index (χ1n) is 11.5. The lowest BCUT2D eigenvalue weighted by Gasteiger charge is -2.42. The molecule has 0 bridgehead atoms. The van der Waals surface area contributed by atoms with Crippen molar-refractivity contribution < 1.29 is 5.11 Å². The lowest BCUT2D eigenvalue weighted by Crippen LogP contribution is -2.45. The Labute approximate surface area is 170 Å². The average molecular weight is 380 g/mol. The number of hydrogen-bond acceptors (Lipinski definition) is 2. The molecule has 2 aliphatic rings. The van der Waals surface area contributed by atoms with Gasteiger partial charge in [0.2, 0.25) is 0 Å². The number of nitrogens with zero attached hydrogens (tertiary/aromatic N) is 1. The molecule has 4 rings (SSSR count). The highest BCUT2D eigenvalue weighted by Crippen LogP contribution is 2.41. The van der Waals surface area contributed by atoms with Crippen LogP contribution in [0.1, 0.15) is 75.3 Å². The molecule has 152 valence electrons. The van der Waals surface area contributed by atoms with Crippen molar-refractivity contribution in [2.24, 2.45) is 5.92 Å². The second-order valence-corrected chi connectivity index (χ2v) is 9.63. The van der Waals surface area contributed by atoms with E-state index in [-0.39, 0.29) is 5.92 Å². The highest BCUT2D eigenvalue weighted by Gasteiger charge is 2.39. The highest BCUT2D eigenvalue weighted by molar-refractivity contribution is 5.86. The fourth-order valence-corrected chi connectivity index (χ4v) is 5.64. The second kappa shape index (κ2) is 8.55. The largest absolute Gasteiger partial charge is 0.389 e. The molecule has 0 amide bonds. The van der Waals surface area contributed by atoms with Crippen LogP contribution in [-0.2, 0) is 0 Å². The fraction of sp³-hybridized carbons (Fsp3) is 0.615. The van der Waals surface area contributed by atoms with Crippen LogP contribution in [0.4, 0.5) is 0 Å². The van der Waals surface area contributed by atoms with Gasteiger partial charge in [0.25, 0.3) is 0 Å². The van der Waals surface area contributed by atoms with E-state index in [2.05, 4.69) is 55.1 Å². The Balaban J connectivity index is 1.69. The van der Waals surface area contributed by atoms with Gasteiger partial charge in [0.05, 0.1) is 5.60 Å². The Hall–Kier alpha value is -1.38. The van der Waals surface area contributed by atoms with Gasteiger partial charge in [-0.1, -0.05) is 69.0 Å². The summed E-state index contributed by atoms with van der Waals surface area (Å²) in [6, 6.07) is 13.5. The van der Waals surface area contributed by atoms with Crippen LogP contribution in [0.3, 0.4) is 0 Å². The number of aryl methyl sites for hydroxylation is 1. The number of likely N-dealkylation sites (tertiary alicyclic amines) is 1. The zero-order chi connectivity index (χ0) is 19.6. The summed E-state index contributed by atoms with van der Waals surface area (Å²) in [5, 5.41) is 14.4. The van der Waals surface area contributed by atoms with Crippen molar-refractivity contribution in [2.75, 3.05) is 19.6 Å². The van der Waals surface area contributed by atoms with Crippen LogP contribution in [0.25, 0.3) is 10.8 Å². The summed E-state index contributed by atoms with van der Waals surface area (Å²) in [5.74, 6) is 0.977. The van der Waals surface area contributed by atoms with E-state index in [4.69, 9.17) is 0 Å². The van der Waals surface area contributed by atoms with Crippen molar-refractivity contribution in [1.29, 1.82) is 0 Å². The molecule has 2 aromatic carbocycles. The Morgan fingerprint density at radius 2 is 1.89 bits per heavy atom. The van der Waals surface area contributed by atoms with E-state index in [1.807, 2.05) is 0 Å². The number of aliphatic hydroxyl groups is 1. The molecule has 2 atom stereocenters. The van der Waals surface area contributed by atoms with Crippen LogP contribution >= 0.6 is 0 Å². The van der Waals surface area contributed by atoms with Crippen molar-refractivity contribution in [3.63, 3.8) is 0 Å². The molecule has 1 saturated heterocycles. The predicted molar refractivity (Wildman–Crippen MR) is 119 cm³/mol. The van der Waals surface area contributed by atoms with Gasteiger partial charge in [-0.2, -0.15) is 0 Å². The molecule has 2 unspecified atom stereocenters. The number of rotatable bonds is 4. The maximum absolute atomic E-state index is 11.8. The standard InChI is InChI=1S/C26H37NO/c1-20-9-4-7-16-27(18-20)19-25(26(28)14-5-3-6-15-26)23-13-12-22-11-8-10-21(2)24(22)17-23/h8,10-13,17,20,25,28H,3-7,9,14-16,18-19H2,1-2H3. The molecule has 1 heterocycles. The van der Waals surface area contributed by atoms with Gasteiger partial charge >= 0.3 is 0 Å². The third-order valence-corrected chi connectivity index (χ3v) is 7.33. The first-order chi connectivity index (χ1) is 13.5. The summed E-state index contributed by atoms with van der Waals surface area (Å²) in [7, 11) is 0. The topological polar surface area (TPSA) is 23.5 Å². The summed E-state index contributed by atoms with van der Waals surface area (Å²) in [6.07, 6.45) is 9.49. The molecule has 0 spiro atoms. The predicted octanol–water partition coefficient (Wildman–Crippen LogP) is 6.05.